The van der Waals surface area contributed by atoms with Crippen LogP contribution in [0.4, 0.5) is 11.4 Å². The maximum atomic E-state index is 12.5. The highest BCUT2D eigenvalue weighted by Crippen LogP contribution is 2.26. The number of nitrogens with zero attached hydrogens (tertiary/aromatic N) is 2. The number of nitrogens with one attached hydrogen (secondary N) is 2. The molecule has 0 atom stereocenters. The number of anilines is 2. The maximum absolute atomic E-state index is 12.5. The molecule has 6 nitrogen and oxygen atoms in total. The number of para-hydroxylation sites is 3. The molecule has 0 unspecified atom stereocenters. The molecular weight excluding hydrogens is 360 g/mol. The number of carbonyl (C=O) groups is 1. The number of rotatable bonds is 4. The lowest BCUT2D eigenvalue weighted by Gasteiger charge is -2.35. The van der Waals surface area contributed by atoms with Crippen LogP contribution < -0.4 is 20.3 Å². The lowest BCUT2D eigenvalue weighted by molar-refractivity contribution is 0.0975. The van der Waals surface area contributed by atoms with Crippen LogP contribution in [0.25, 0.3) is 0 Å². The van der Waals surface area contributed by atoms with Gasteiger partial charge >= 0.3 is 0 Å². The molecule has 1 amide bonds. The first-order valence-corrected chi connectivity index (χ1v) is 9.27. The fourth-order valence-electron chi connectivity index (χ4n) is 3.06. The average molecular weight is 385 g/mol. The minimum Gasteiger partial charge on any atom is -0.496 e. The summed E-state index contributed by atoms with van der Waals surface area (Å²) < 4.78 is 5.24. The van der Waals surface area contributed by atoms with E-state index in [0.29, 0.717) is 11.3 Å². The van der Waals surface area contributed by atoms with E-state index >= 15 is 0 Å². The Balaban J connectivity index is 1.69. The van der Waals surface area contributed by atoms with Crippen molar-refractivity contribution in [3.8, 4) is 5.75 Å². The maximum Gasteiger partial charge on any atom is 0.261 e. The molecule has 1 saturated heterocycles. The van der Waals surface area contributed by atoms with E-state index in [-0.39, 0.29) is 11.0 Å². The van der Waals surface area contributed by atoms with Crippen LogP contribution in [0.15, 0.2) is 48.5 Å². The lowest BCUT2D eigenvalue weighted by atomic mass is 10.2. The van der Waals surface area contributed by atoms with Gasteiger partial charge in [-0.05, 0) is 43.5 Å². The number of thiocarbonyl (C=S) groups is 1. The number of methoxy groups -OCH3 is 1. The molecule has 0 bridgehead atoms. The van der Waals surface area contributed by atoms with Gasteiger partial charge in [-0.25, -0.2) is 0 Å². The van der Waals surface area contributed by atoms with Gasteiger partial charge in [0.25, 0.3) is 5.91 Å². The molecule has 27 heavy (non-hydrogen) atoms. The fourth-order valence-corrected chi connectivity index (χ4v) is 3.26. The highest BCUT2D eigenvalue weighted by atomic mass is 32.1. The minimum absolute atomic E-state index is 0.257. The zero-order valence-corrected chi connectivity index (χ0v) is 16.4. The van der Waals surface area contributed by atoms with E-state index in [0.717, 1.165) is 37.6 Å². The second kappa shape index (κ2) is 8.83. The molecule has 3 rings (SSSR count). The number of hydrogen-bond acceptors (Lipinski definition) is 5. The van der Waals surface area contributed by atoms with Crippen LogP contribution in [0.5, 0.6) is 5.75 Å². The Hall–Kier alpha value is -2.64. The van der Waals surface area contributed by atoms with Crippen LogP contribution in [-0.4, -0.2) is 56.3 Å². The van der Waals surface area contributed by atoms with Crippen molar-refractivity contribution in [2.75, 3.05) is 50.6 Å². The molecule has 7 heteroatoms. The van der Waals surface area contributed by atoms with E-state index in [2.05, 4.69) is 33.5 Å². The third-order valence-electron chi connectivity index (χ3n) is 4.57. The first kappa shape index (κ1) is 19.1. The predicted octanol–water partition coefficient (Wildman–Crippen LogP) is 2.57. The molecule has 2 aromatic rings. The highest BCUT2D eigenvalue weighted by Gasteiger charge is 2.18. The highest BCUT2D eigenvalue weighted by molar-refractivity contribution is 7.80. The topological polar surface area (TPSA) is 56.8 Å². The van der Waals surface area contributed by atoms with Gasteiger partial charge in [0.1, 0.15) is 5.75 Å². The molecule has 0 aliphatic carbocycles. The summed E-state index contributed by atoms with van der Waals surface area (Å²) in [5.74, 6) is 0.206. The summed E-state index contributed by atoms with van der Waals surface area (Å²) in [6, 6.07) is 15.0. The first-order chi connectivity index (χ1) is 13.1. The third-order valence-corrected chi connectivity index (χ3v) is 4.78. The summed E-state index contributed by atoms with van der Waals surface area (Å²) in [4.78, 5) is 17.1. The molecule has 0 spiro atoms. The lowest BCUT2D eigenvalue weighted by Crippen LogP contribution is -2.45. The average Bonchev–Trinajstić information content (AvgIpc) is 2.69. The van der Waals surface area contributed by atoms with Crippen LogP contribution in [0, 0.1) is 0 Å². The Morgan fingerprint density at radius 3 is 2.44 bits per heavy atom. The SMILES string of the molecule is COc1ccccc1C(=O)NC(=S)Nc1ccccc1N1CCN(C)CC1. The van der Waals surface area contributed by atoms with Crippen LogP contribution in [0.3, 0.4) is 0 Å². The number of ether oxygens (including phenoxy) is 1. The number of likely N-dealkylation sites (N-methyl/N-ethyl adjacent to an activating group) is 1. The van der Waals surface area contributed by atoms with Crippen molar-refractivity contribution in [3.05, 3.63) is 54.1 Å². The molecule has 0 radical (unpaired) electrons. The Bertz CT molecular complexity index is 819. The molecule has 2 aromatic carbocycles. The van der Waals surface area contributed by atoms with E-state index < -0.39 is 0 Å². The van der Waals surface area contributed by atoms with E-state index in [4.69, 9.17) is 17.0 Å². The Kier molecular flexibility index (Phi) is 6.26. The molecule has 1 aliphatic heterocycles. The van der Waals surface area contributed by atoms with Crippen molar-refractivity contribution in [1.29, 1.82) is 0 Å². The molecule has 2 N–H and O–H groups in total. The fraction of sp³-hybridized carbons (Fsp3) is 0.300. The normalized spacial score (nSPS) is 14.5. The first-order valence-electron chi connectivity index (χ1n) is 8.86. The van der Waals surface area contributed by atoms with Crippen molar-refractivity contribution in [2.24, 2.45) is 0 Å². The van der Waals surface area contributed by atoms with Gasteiger partial charge in [-0.3, -0.25) is 10.1 Å². The quantitative estimate of drug-likeness (QED) is 0.791. The smallest absolute Gasteiger partial charge is 0.261 e. The number of amides is 1. The van der Waals surface area contributed by atoms with Gasteiger partial charge in [0.05, 0.1) is 24.0 Å². The van der Waals surface area contributed by atoms with E-state index in [1.807, 2.05) is 24.3 Å². The minimum atomic E-state index is -0.304. The molecule has 1 heterocycles. The predicted molar refractivity (Wildman–Crippen MR) is 113 cm³/mol. The number of carbonyl (C=O) groups excluding carboxylic acids is 1. The van der Waals surface area contributed by atoms with Crippen molar-refractivity contribution < 1.29 is 9.53 Å². The Labute approximate surface area is 165 Å². The third kappa shape index (κ3) is 4.75. The molecule has 1 fully saturated rings. The van der Waals surface area contributed by atoms with E-state index in [1.54, 1.807) is 18.2 Å². The molecule has 142 valence electrons. The zero-order chi connectivity index (χ0) is 19.2. The summed E-state index contributed by atoms with van der Waals surface area (Å²) >= 11 is 5.36. The van der Waals surface area contributed by atoms with Crippen molar-refractivity contribution in [3.63, 3.8) is 0 Å². The summed E-state index contributed by atoms with van der Waals surface area (Å²) in [6.45, 7) is 3.94. The summed E-state index contributed by atoms with van der Waals surface area (Å²) in [5.41, 5.74) is 2.41. The van der Waals surface area contributed by atoms with E-state index in [1.165, 1.54) is 7.11 Å². The second-order valence-corrected chi connectivity index (χ2v) is 6.82. The van der Waals surface area contributed by atoms with Crippen LogP contribution >= 0.6 is 12.2 Å². The van der Waals surface area contributed by atoms with E-state index in [9.17, 15) is 4.79 Å². The zero-order valence-electron chi connectivity index (χ0n) is 15.6. The van der Waals surface area contributed by atoms with Gasteiger partial charge in [0.2, 0.25) is 0 Å². The molecule has 0 aromatic heterocycles. The van der Waals surface area contributed by atoms with Crippen LogP contribution in [0.1, 0.15) is 10.4 Å². The largest absolute Gasteiger partial charge is 0.496 e. The van der Waals surface area contributed by atoms with Crippen LogP contribution in [0.2, 0.25) is 0 Å². The van der Waals surface area contributed by atoms with Gasteiger partial charge in [-0.1, -0.05) is 24.3 Å². The summed E-state index contributed by atoms with van der Waals surface area (Å²) in [6.07, 6.45) is 0. The van der Waals surface area contributed by atoms with Gasteiger partial charge in [-0.2, -0.15) is 0 Å². The summed E-state index contributed by atoms with van der Waals surface area (Å²) in [5, 5.41) is 6.15. The number of benzene rings is 2. The molecule has 1 aliphatic rings. The number of piperazine rings is 1. The molecule has 0 saturated carbocycles. The van der Waals surface area contributed by atoms with Crippen LogP contribution in [-0.2, 0) is 0 Å². The summed E-state index contributed by atoms with van der Waals surface area (Å²) in [7, 11) is 3.67. The van der Waals surface area contributed by atoms with Gasteiger partial charge < -0.3 is 19.9 Å². The Morgan fingerprint density at radius 2 is 1.70 bits per heavy atom. The monoisotopic (exact) mass is 384 g/mol. The van der Waals surface area contributed by atoms with Gasteiger partial charge in [0, 0.05) is 26.2 Å². The Morgan fingerprint density at radius 1 is 1.04 bits per heavy atom. The van der Waals surface area contributed by atoms with Gasteiger partial charge in [-0.15, -0.1) is 0 Å². The van der Waals surface area contributed by atoms with Gasteiger partial charge in [0.15, 0.2) is 5.11 Å². The molecular formula is C20H24N4O2S. The van der Waals surface area contributed by atoms with Crippen molar-refractivity contribution in [1.82, 2.24) is 10.2 Å². The number of hydrogen-bond donors (Lipinski definition) is 2. The second-order valence-electron chi connectivity index (χ2n) is 6.42. The van der Waals surface area contributed by atoms with Crippen molar-refractivity contribution >= 4 is 34.6 Å². The standard InChI is InChI=1S/C20H24N4O2S/c1-23-11-13-24(14-12-23)17-9-5-4-8-16(17)21-20(27)22-19(25)15-7-3-6-10-18(15)26-2/h3-10H,11-14H2,1-2H3,(H2,21,22,25,27). The van der Waals surface area contributed by atoms with Crippen molar-refractivity contribution in [2.45, 2.75) is 0 Å².